The number of esters is 2. The molecule has 1 aromatic heterocycles. The van der Waals surface area contributed by atoms with Gasteiger partial charge in [0.2, 0.25) is 0 Å². The molecule has 0 unspecified atom stereocenters. The van der Waals surface area contributed by atoms with Crippen molar-refractivity contribution in [1.82, 2.24) is 0 Å². The first-order valence-electron chi connectivity index (χ1n) is 9.07. The number of carbonyl (C=O) groups is 2. The third kappa shape index (κ3) is 7.10. The van der Waals surface area contributed by atoms with Crippen molar-refractivity contribution in [2.45, 2.75) is 6.92 Å². The van der Waals surface area contributed by atoms with Gasteiger partial charge in [-0.1, -0.05) is 24.3 Å². The Morgan fingerprint density at radius 1 is 0.862 bits per heavy atom. The second-order valence-corrected chi connectivity index (χ2v) is 5.91. The Balaban J connectivity index is 0.000000221. The molecule has 1 heterocycles. The molecule has 0 radical (unpaired) electrons. The minimum atomic E-state index is -0.376. The number of aryl methyl sites for hydroxylation is 1. The van der Waals surface area contributed by atoms with Gasteiger partial charge in [0, 0.05) is 12.1 Å². The van der Waals surface area contributed by atoms with Gasteiger partial charge in [0.05, 0.1) is 19.3 Å². The Hall–Kier alpha value is -3.67. The first kappa shape index (κ1) is 21.6. The lowest BCUT2D eigenvalue weighted by molar-refractivity contribution is -0.671. The third-order valence-corrected chi connectivity index (χ3v) is 3.71. The number of rotatable bonds is 5. The van der Waals surface area contributed by atoms with Gasteiger partial charge in [-0.05, 0) is 37.3 Å². The maximum atomic E-state index is 11.8. The Bertz CT molecular complexity index is 941. The fourth-order valence-electron chi connectivity index (χ4n) is 2.33. The molecule has 3 rings (SSSR count). The second kappa shape index (κ2) is 11.2. The molecule has 0 aliphatic rings. The summed E-state index contributed by atoms with van der Waals surface area (Å²) in [7, 11) is 3.43. The lowest BCUT2D eigenvalue weighted by Gasteiger charge is -2.05. The van der Waals surface area contributed by atoms with E-state index in [4.69, 9.17) is 14.2 Å². The zero-order valence-electron chi connectivity index (χ0n) is 16.7. The molecular formula is C23H24NO5+. The van der Waals surface area contributed by atoms with Gasteiger partial charge >= 0.3 is 11.9 Å². The zero-order valence-corrected chi connectivity index (χ0v) is 16.7. The van der Waals surface area contributed by atoms with E-state index in [1.54, 1.807) is 74.8 Å². The van der Waals surface area contributed by atoms with Gasteiger partial charge in [-0.15, -0.1) is 0 Å². The predicted octanol–water partition coefficient (Wildman–Crippen LogP) is 3.60. The topological polar surface area (TPSA) is 65.7 Å². The number of ether oxygens (including phenoxy) is 3. The van der Waals surface area contributed by atoms with Crippen molar-refractivity contribution in [3.05, 3.63) is 90.3 Å². The standard InChI is InChI=1S/C14H12O3.C9H12NO2/c1-16-12-8-5-9-13(10-12)17-14(15)11-6-3-2-4-7-11;1-3-12-9(11)8-5-4-6-10(2)7-8/h2-10H,1H3;4-7H,3H2,1-2H3/q;+1. The molecule has 2 aromatic carbocycles. The van der Waals surface area contributed by atoms with E-state index in [1.807, 2.05) is 29.9 Å². The zero-order chi connectivity index (χ0) is 21.1. The molecule has 0 spiro atoms. The summed E-state index contributed by atoms with van der Waals surface area (Å²) in [6.07, 6.45) is 3.60. The van der Waals surface area contributed by atoms with Crippen LogP contribution in [-0.2, 0) is 11.8 Å². The van der Waals surface area contributed by atoms with Gasteiger partial charge in [-0.2, -0.15) is 0 Å². The highest BCUT2D eigenvalue weighted by Crippen LogP contribution is 2.19. The molecule has 0 fully saturated rings. The molecular weight excluding hydrogens is 370 g/mol. The number of carbonyl (C=O) groups excluding carboxylic acids is 2. The van der Waals surface area contributed by atoms with Crippen molar-refractivity contribution in [3.8, 4) is 11.5 Å². The van der Waals surface area contributed by atoms with Crippen LogP contribution in [0.2, 0.25) is 0 Å². The summed E-state index contributed by atoms with van der Waals surface area (Å²) in [6.45, 7) is 2.21. The third-order valence-electron chi connectivity index (χ3n) is 3.71. The van der Waals surface area contributed by atoms with E-state index in [2.05, 4.69) is 0 Å². The van der Waals surface area contributed by atoms with E-state index in [-0.39, 0.29) is 11.9 Å². The number of benzene rings is 2. The van der Waals surface area contributed by atoms with Crippen LogP contribution in [0.4, 0.5) is 0 Å². The predicted molar refractivity (Wildman–Crippen MR) is 108 cm³/mol. The van der Waals surface area contributed by atoms with Crippen molar-refractivity contribution < 1.29 is 28.4 Å². The summed E-state index contributed by atoms with van der Waals surface area (Å²) in [5.41, 5.74) is 1.11. The minimum absolute atomic E-state index is 0.270. The summed E-state index contributed by atoms with van der Waals surface area (Å²) in [5.74, 6) is 0.481. The maximum Gasteiger partial charge on any atom is 0.344 e. The number of methoxy groups -OCH3 is 1. The van der Waals surface area contributed by atoms with Gasteiger partial charge in [0.15, 0.2) is 12.4 Å². The summed E-state index contributed by atoms with van der Waals surface area (Å²) >= 11 is 0. The SMILES string of the molecule is CCOC(=O)c1ccc[n+](C)c1.COc1cccc(OC(=O)c2ccccc2)c1. The Morgan fingerprint density at radius 2 is 1.55 bits per heavy atom. The first-order chi connectivity index (χ1) is 14.0. The highest BCUT2D eigenvalue weighted by atomic mass is 16.5. The Labute approximate surface area is 170 Å². The smallest absolute Gasteiger partial charge is 0.344 e. The van der Waals surface area contributed by atoms with Crippen LogP contribution in [0, 0.1) is 0 Å². The second-order valence-electron chi connectivity index (χ2n) is 5.91. The summed E-state index contributed by atoms with van der Waals surface area (Å²) in [6, 6.07) is 19.3. The lowest BCUT2D eigenvalue weighted by Crippen LogP contribution is -2.28. The molecule has 6 heteroatoms. The number of hydrogen-bond acceptors (Lipinski definition) is 5. The first-order valence-corrected chi connectivity index (χ1v) is 9.07. The van der Waals surface area contributed by atoms with Crippen LogP contribution < -0.4 is 14.0 Å². The van der Waals surface area contributed by atoms with E-state index in [0.717, 1.165) is 0 Å². The van der Waals surface area contributed by atoms with Gasteiger partial charge in [-0.25, -0.2) is 14.2 Å². The monoisotopic (exact) mass is 394 g/mol. The van der Waals surface area contributed by atoms with Crippen LogP contribution in [0.15, 0.2) is 79.1 Å². The molecule has 6 nitrogen and oxygen atoms in total. The number of nitrogens with zero attached hydrogens (tertiary/aromatic N) is 1. The highest BCUT2D eigenvalue weighted by molar-refractivity contribution is 5.91. The highest BCUT2D eigenvalue weighted by Gasteiger charge is 2.09. The summed E-state index contributed by atoms with van der Waals surface area (Å²) < 4.78 is 16.9. The molecule has 150 valence electrons. The van der Waals surface area contributed by atoms with Crippen LogP contribution >= 0.6 is 0 Å². The number of hydrogen-bond donors (Lipinski definition) is 0. The van der Waals surface area contributed by atoms with Crippen molar-refractivity contribution >= 4 is 11.9 Å². The van der Waals surface area contributed by atoms with Crippen LogP contribution in [0.1, 0.15) is 27.6 Å². The van der Waals surface area contributed by atoms with Crippen molar-refractivity contribution in [3.63, 3.8) is 0 Å². The van der Waals surface area contributed by atoms with Gasteiger partial charge < -0.3 is 14.2 Å². The van der Waals surface area contributed by atoms with Crippen LogP contribution in [0.25, 0.3) is 0 Å². The summed E-state index contributed by atoms with van der Waals surface area (Å²) in [5, 5.41) is 0. The van der Waals surface area contributed by atoms with E-state index in [0.29, 0.717) is 29.2 Å². The summed E-state index contributed by atoms with van der Waals surface area (Å²) in [4.78, 5) is 22.9. The molecule has 0 bridgehead atoms. The Morgan fingerprint density at radius 3 is 2.21 bits per heavy atom. The van der Waals surface area contributed by atoms with Crippen molar-refractivity contribution in [1.29, 1.82) is 0 Å². The fraction of sp³-hybridized carbons (Fsp3) is 0.174. The molecule has 0 saturated carbocycles. The van der Waals surface area contributed by atoms with Gasteiger partial charge in [0.25, 0.3) is 0 Å². The van der Waals surface area contributed by atoms with E-state index in [1.165, 1.54) is 0 Å². The Kier molecular flexibility index (Phi) is 8.38. The van der Waals surface area contributed by atoms with E-state index in [9.17, 15) is 9.59 Å². The maximum absolute atomic E-state index is 11.8. The number of pyridine rings is 1. The van der Waals surface area contributed by atoms with E-state index >= 15 is 0 Å². The van der Waals surface area contributed by atoms with Gasteiger partial charge in [-0.3, -0.25) is 0 Å². The van der Waals surface area contributed by atoms with E-state index < -0.39 is 0 Å². The van der Waals surface area contributed by atoms with Crippen LogP contribution in [-0.4, -0.2) is 25.7 Å². The molecule has 0 atom stereocenters. The quantitative estimate of drug-likeness (QED) is 0.376. The largest absolute Gasteiger partial charge is 0.497 e. The molecule has 0 saturated heterocycles. The van der Waals surface area contributed by atoms with Crippen molar-refractivity contribution in [2.24, 2.45) is 7.05 Å². The molecule has 0 amide bonds. The van der Waals surface area contributed by atoms with Crippen molar-refractivity contribution in [2.75, 3.05) is 13.7 Å². The number of aromatic nitrogens is 1. The molecule has 0 N–H and O–H groups in total. The molecule has 29 heavy (non-hydrogen) atoms. The average Bonchev–Trinajstić information content (AvgIpc) is 2.75. The normalized spacial score (nSPS) is 9.62. The molecule has 3 aromatic rings. The van der Waals surface area contributed by atoms with Crippen LogP contribution in [0.5, 0.6) is 11.5 Å². The fourth-order valence-corrected chi connectivity index (χ4v) is 2.33. The molecule has 0 aliphatic carbocycles. The minimum Gasteiger partial charge on any atom is -0.497 e. The lowest BCUT2D eigenvalue weighted by atomic mass is 10.2. The van der Waals surface area contributed by atoms with Crippen LogP contribution in [0.3, 0.4) is 0 Å². The van der Waals surface area contributed by atoms with Gasteiger partial charge in [0.1, 0.15) is 24.1 Å². The molecule has 0 aliphatic heterocycles. The average molecular weight is 394 g/mol.